The Hall–Kier alpha value is -1.52. The summed E-state index contributed by atoms with van der Waals surface area (Å²) < 4.78 is 5.29. The molecule has 0 aliphatic rings. The summed E-state index contributed by atoms with van der Waals surface area (Å²) in [6, 6.07) is 9.54. The lowest BCUT2D eigenvalue weighted by Crippen LogP contribution is -2.07. The van der Waals surface area contributed by atoms with Gasteiger partial charge in [-0.05, 0) is 18.1 Å². The topological polar surface area (TPSA) is 47.0 Å². The number of nitrogens with zero attached hydrogens (tertiary/aromatic N) is 2. The minimum atomic E-state index is 0.309. The molecule has 0 saturated carbocycles. The van der Waals surface area contributed by atoms with Crippen LogP contribution in [0.15, 0.2) is 30.3 Å². The number of aromatic nitrogens is 2. The van der Waals surface area contributed by atoms with Gasteiger partial charge in [0.05, 0.1) is 12.8 Å². The number of rotatable bonds is 5. The molecule has 19 heavy (non-hydrogen) atoms. The number of anilines is 1. The maximum atomic E-state index is 5.92. The highest BCUT2D eigenvalue weighted by atomic mass is 35.5. The maximum absolute atomic E-state index is 5.92. The minimum Gasteiger partial charge on any atom is -0.496 e. The van der Waals surface area contributed by atoms with Crippen LogP contribution in [0.3, 0.4) is 0 Å². The normalized spacial score (nSPS) is 10.3. The zero-order chi connectivity index (χ0) is 13.7. The number of ether oxygens (including phenoxy) is 1. The van der Waals surface area contributed by atoms with E-state index in [4.69, 9.17) is 27.9 Å². The van der Waals surface area contributed by atoms with E-state index in [2.05, 4.69) is 15.5 Å². The van der Waals surface area contributed by atoms with Crippen molar-refractivity contribution >= 4 is 28.9 Å². The van der Waals surface area contributed by atoms with Gasteiger partial charge < -0.3 is 10.1 Å². The third kappa shape index (κ3) is 3.72. The van der Waals surface area contributed by atoms with E-state index in [1.165, 1.54) is 0 Å². The molecule has 0 saturated heterocycles. The van der Waals surface area contributed by atoms with Gasteiger partial charge in [0, 0.05) is 12.6 Å². The van der Waals surface area contributed by atoms with Crippen molar-refractivity contribution in [3.05, 3.63) is 46.2 Å². The zero-order valence-electron chi connectivity index (χ0n) is 10.4. The highest BCUT2D eigenvalue weighted by Crippen LogP contribution is 2.22. The summed E-state index contributed by atoms with van der Waals surface area (Å²) in [5, 5.41) is 11.2. The average molecular weight is 298 g/mol. The van der Waals surface area contributed by atoms with Crippen LogP contribution in [0.5, 0.6) is 5.75 Å². The summed E-state index contributed by atoms with van der Waals surface area (Å²) in [4.78, 5) is 0. The number of hydrogen-bond donors (Lipinski definition) is 1. The Morgan fingerprint density at radius 1 is 1.21 bits per heavy atom. The molecule has 4 nitrogen and oxygen atoms in total. The van der Waals surface area contributed by atoms with E-state index in [1.54, 1.807) is 13.2 Å². The van der Waals surface area contributed by atoms with Crippen LogP contribution in [0.1, 0.15) is 5.56 Å². The van der Waals surface area contributed by atoms with Crippen LogP contribution in [0, 0.1) is 0 Å². The molecule has 1 aromatic carbocycles. The van der Waals surface area contributed by atoms with Crippen LogP contribution in [0.2, 0.25) is 10.3 Å². The third-order valence-electron chi connectivity index (χ3n) is 2.62. The van der Waals surface area contributed by atoms with Crippen LogP contribution in [-0.4, -0.2) is 23.9 Å². The molecular formula is C13H13Cl2N3O. The molecule has 0 unspecified atom stereocenters. The third-order valence-corrected chi connectivity index (χ3v) is 3.09. The van der Waals surface area contributed by atoms with Gasteiger partial charge in [-0.3, -0.25) is 0 Å². The lowest BCUT2D eigenvalue weighted by Gasteiger charge is -2.10. The quantitative estimate of drug-likeness (QED) is 0.918. The molecule has 0 atom stereocenters. The molecule has 0 aliphatic heterocycles. The van der Waals surface area contributed by atoms with Gasteiger partial charge in [-0.15, -0.1) is 10.2 Å². The second kappa shape index (κ2) is 6.59. The van der Waals surface area contributed by atoms with E-state index in [0.29, 0.717) is 22.5 Å². The van der Waals surface area contributed by atoms with Crippen molar-refractivity contribution in [2.75, 3.05) is 19.0 Å². The van der Waals surface area contributed by atoms with E-state index >= 15 is 0 Å². The molecule has 0 radical (unpaired) electrons. The van der Waals surface area contributed by atoms with Crippen LogP contribution >= 0.6 is 23.2 Å². The van der Waals surface area contributed by atoms with E-state index < -0.39 is 0 Å². The van der Waals surface area contributed by atoms with Crippen LogP contribution in [0.25, 0.3) is 0 Å². The fourth-order valence-electron chi connectivity index (χ4n) is 1.72. The van der Waals surface area contributed by atoms with Crippen molar-refractivity contribution in [1.29, 1.82) is 0 Å². The predicted octanol–water partition coefficient (Wildman–Crippen LogP) is 3.45. The lowest BCUT2D eigenvalue weighted by molar-refractivity contribution is 0.410. The van der Waals surface area contributed by atoms with E-state index in [-0.39, 0.29) is 0 Å². The first kappa shape index (κ1) is 13.9. The molecular weight excluding hydrogens is 285 g/mol. The SMILES string of the molecule is COc1ccccc1CCNc1cc(Cl)nnc1Cl. The first-order chi connectivity index (χ1) is 9.20. The zero-order valence-corrected chi connectivity index (χ0v) is 11.9. The highest BCUT2D eigenvalue weighted by Gasteiger charge is 2.05. The number of hydrogen-bond acceptors (Lipinski definition) is 4. The fraction of sp³-hybridized carbons (Fsp3) is 0.231. The van der Waals surface area contributed by atoms with E-state index in [1.807, 2.05) is 24.3 Å². The van der Waals surface area contributed by atoms with Crippen LogP contribution in [-0.2, 0) is 6.42 Å². The average Bonchev–Trinajstić information content (AvgIpc) is 2.43. The van der Waals surface area contributed by atoms with E-state index in [9.17, 15) is 0 Å². The smallest absolute Gasteiger partial charge is 0.174 e. The van der Waals surface area contributed by atoms with Crippen molar-refractivity contribution < 1.29 is 4.74 Å². The van der Waals surface area contributed by atoms with Crippen molar-refractivity contribution in [2.24, 2.45) is 0 Å². The molecule has 1 heterocycles. The summed E-state index contributed by atoms with van der Waals surface area (Å²) in [6.07, 6.45) is 0.806. The Bertz CT molecular complexity index is 563. The Morgan fingerprint density at radius 3 is 2.79 bits per heavy atom. The molecule has 100 valence electrons. The predicted molar refractivity (Wildman–Crippen MR) is 77.2 cm³/mol. The Balaban J connectivity index is 1.98. The van der Waals surface area contributed by atoms with Crippen LogP contribution < -0.4 is 10.1 Å². The second-order valence-electron chi connectivity index (χ2n) is 3.86. The maximum Gasteiger partial charge on any atom is 0.174 e. The lowest BCUT2D eigenvalue weighted by atomic mass is 10.1. The molecule has 6 heteroatoms. The molecule has 1 aromatic heterocycles. The highest BCUT2D eigenvalue weighted by molar-refractivity contribution is 6.33. The fourth-order valence-corrected chi connectivity index (χ4v) is 2.02. The molecule has 0 fully saturated rings. The molecule has 0 amide bonds. The minimum absolute atomic E-state index is 0.309. The monoisotopic (exact) mass is 297 g/mol. The largest absolute Gasteiger partial charge is 0.496 e. The van der Waals surface area contributed by atoms with Gasteiger partial charge in [0.25, 0.3) is 0 Å². The van der Waals surface area contributed by atoms with Gasteiger partial charge >= 0.3 is 0 Å². The Labute approximate surface area is 121 Å². The van der Waals surface area contributed by atoms with Gasteiger partial charge in [-0.25, -0.2) is 0 Å². The van der Waals surface area contributed by atoms with Crippen molar-refractivity contribution in [3.8, 4) is 5.75 Å². The number of nitrogens with one attached hydrogen (secondary N) is 1. The van der Waals surface area contributed by atoms with Crippen LogP contribution in [0.4, 0.5) is 5.69 Å². The van der Waals surface area contributed by atoms with Gasteiger partial charge in [0.15, 0.2) is 10.3 Å². The van der Waals surface area contributed by atoms with E-state index in [0.717, 1.165) is 17.7 Å². The molecule has 0 spiro atoms. The van der Waals surface area contributed by atoms with Gasteiger partial charge in [-0.1, -0.05) is 41.4 Å². The standard InChI is InChI=1S/C13H13Cl2N3O/c1-19-11-5-3-2-4-9(11)6-7-16-10-8-12(14)17-18-13(10)15/h2-5,8H,6-7H2,1H3,(H,16,17). The number of halogens is 2. The van der Waals surface area contributed by atoms with Crippen molar-refractivity contribution in [2.45, 2.75) is 6.42 Å². The second-order valence-corrected chi connectivity index (χ2v) is 4.61. The van der Waals surface area contributed by atoms with Crippen molar-refractivity contribution in [3.63, 3.8) is 0 Å². The Kier molecular flexibility index (Phi) is 4.82. The molecule has 0 bridgehead atoms. The van der Waals surface area contributed by atoms with Gasteiger partial charge in [0.1, 0.15) is 5.75 Å². The summed E-state index contributed by atoms with van der Waals surface area (Å²) in [6.45, 7) is 0.697. The summed E-state index contributed by atoms with van der Waals surface area (Å²) in [7, 11) is 1.66. The first-order valence-electron chi connectivity index (χ1n) is 5.75. The number of benzene rings is 1. The molecule has 2 aromatic rings. The van der Waals surface area contributed by atoms with Gasteiger partial charge in [0.2, 0.25) is 0 Å². The first-order valence-corrected chi connectivity index (χ1v) is 6.51. The van der Waals surface area contributed by atoms with Crippen molar-refractivity contribution in [1.82, 2.24) is 10.2 Å². The number of para-hydroxylation sites is 1. The molecule has 0 aliphatic carbocycles. The molecule has 2 rings (SSSR count). The van der Waals surface area contributed by atoms with Gasteiger partial charge in [-0.2, -0.15) is 0 Å². The molecule has 1 N–H and O–H groups in total. The Morgan fingerprint density at radius 2 is 2.00 bits per heavy atom. The summed E-state index contributed by atoms with van der Waals surface area (Å²) in [5.74, 6) is 0.876. The summed E-state index contributed by atoms with van der Waals surface area (Å²) in [5.41, 5.74) is 1.80. The number of methoxy groups -OCH3 is 1. The summed E-state index contributed by atoms with van der Waals surface area (Å²) >= 11 is 11.7.